The summed E-state index contributed by atoms with van der Waals surface area (Å²) in [6.07, 6.45) is 1.63. The van der Waals surface area contributed by atoms with Crippen molar-refractivity contribution in [1.82, 2.24) is 16.0 Å². The van der Waals surface area contributed by atoms with Gasteiger partial charge in [0.2, 0.25) is 17.7 Å². The average Bonchev–Trinajstić information content (AvgIpc) is 2.65. The van der Waals surface area contributed by atoms with Crippen molar-refractivity contribution in [3.8, 4) is 0 Å². The molecule has 0 aromatic carbocycles. The summed E-state index contributed by atoms with van der Waals surface area (Å²) < 4.78 is 0. The van der Waals surface area contributed by atoms with E-state index in [2.05, 4.69) is 29.8 Å². The molecule has 0 heterocycles. The van der Waals surface area contributed by atoms with Gasteiger partial charge in [0.05, 0.1) is 19.6 Å². The molecule has 1 atom stereocenters. The Hall–Kier alpha value is -1.96. The van der Waals surface area contributed by atoms with Crippen LogP contribution in [0.1, 0.15) is 73.9 Å². The monoisotopic (exact) mass is 384 g/mol. The van der Waals surface area contributed by atoms with E-state index in [1.165, 1.54) is 13.3 Å². The topological polar surface area (TPSA) is 130 Å². The van der Waals surface area contributed by atoms with Crippen LogP contribution in [0.4, 0.5) is 0 Å². The highest BCUT2D eigenvalue weighted by molar-refractivity contribution is 5.92. The highest BCUT2D eigenvalue weighted by Crippen LogP contribution is 1.91. The first-order valence-corrected chi connectivity index (χ1v) is 9.35. The number of amides is 3. The summed E-state index contributed by atoms with van der Waals surface area (Å²) in [4.78, 5) is 44.7. The number of hydrogen-bond donors (Lipinski definition) is 4. The van der Waals surface area contributed by atoms with Crippen LogP contribution in [0.25, 0.3) is 0 Å². The summed E-state index contributed by atoms with van der Waals surface area (Å²) in [6, 6.07) is -0.735. The van der Waals surface area contributed by atoms with E-state index in [-0.39, 0.29) is 31.1 Å². The van der Waals surface area contributed by atoms with Crippen LogP contribution in [0.3, 0.4) is 0 Å². The third-order valence-corrected chi connectivity index (χ3v) is 2.20. The lowest BCUT2D eigenvalue weighted by molar-refractivity contribution is -0.130. The van der Waals surface area contributed by atoms with Crippen LogP contribution in [0.15, 0.2) is 0 Å². The van der Waals surface area contributed by atoms with Crippen LogP contribution in [0.5, 0.6) is 0 Å². The third kappa shape index (κ3) is 24.3. The van der Waals surface area contributed by atoms with E-state index in [0.717, 1.165) is 0 Å². The van der Waals surface area contributed by atoms with Crippen LogP contribution < -0.4 is 21.7 Å². The number of ketones is 1. The molecule has 8 heteroatoms. The van der Waals surface area contributed by atoms with Crippen LogP contribution in [0.2, 0.25) is 0 Å². The lowest BCUT2D eigenvalue weighted by atomic mass is 10.2. The highest BCUT2D eigenvalue weighted by atomic mass is 16.2. The largest absolute Gasteiger partial charge is 0.347 e. The van der Waals surface area contributed by atoms with Crippen molar-refractivity contribution in [2.45, 2.75) is 74.3 Å². The van der Waals surface area contributed by atoms with Crippen LogP contribution in [0, 0.1) is 0 Å². The summed E-state index contributed by atoms with van der Waals surface area (Å²) >= 11 is 0. The van der Waals surface area contributed by atoms with Gasteiger partial charge in [-0.3, -0.25) is 19.2 Å². The van der Waals surface area contributed by atoms with E-state index < -0.39 is 23.8 Å². The molecule has 0 spiro atoms. The molecule has 0 radical (unpaired) electrons. The lowest BCUT2D eigenvalue weighted by Gasteiger charge is -2.16. The summed E-state index contributed by atoms with van der Waals surface area (Å²) in [7, 11) is 0. The Morgan fingerprint density at radius 3 is 1.69 bits per heavy atom. The van der Waals surface area contributed by atoms with Crippen molar-refractivity contribution >= 4 is 23.5 Å². The molecule has 8 nitrogen and oxygen atoms in total. The maximum Gasteiger partial charge on any atom is 0.242 e. The SMILES string of the molecule is CC.CC.CCC.CC[C@H](NC(=O)CNC(=O)CN)C(=O)NCC(C)=O.[HH].[HH].[HH].[HH]. The first-order chi connectivity index (χ1) is 12.3. The molecule has 0 fully saturated rings. The molecule has 0 bridgehead atoms. The molecular weight excluding hydrogens is 336 g/mol. The molecule has 164 valence electrons. The Bertz CT molecular complexity index is 391. The molecule has 0 aromatic heterocycles. The van der Waals surface area contributed by atoms with Gasteiger partial charge in [-0.05, 0) is 13.3 Å². The predicted molar refractivity (Wildman–Crippen MR) is 115 cm³/mol. The molecule has 0 aliphatic heterocycles. The number of nitrogens with one attached hydrogen (secondary N) is 3. The fourth-order valence-corrected chi connectivity index (χ4v) is 1.18. The number of Topliss-reactive ketones (excluding diaryl/α,β-unsaturated/α-hetero) is 1. The van der Waals surface area contributed by atoms with Crippen molar-refractivity contribution in [3.63, 3.8) is 0 Å². The lowest BCUT2D eigenvalue weighted by Crippen LogP contribution is -2.50. The highest BCUT2D eigenvalue weighted by Gasteiger charge is 2.18. The van der Waals surface area contributed by atoms with Gasteiger partial charge in [0.15, 0.2) is 0 Å². The van der Waals surface area contributed by atoms with Gasteiger partial charge in [-0.15, -0.1) is 0 Å². The predicted octanol–water partition coefficient (Wildman–Crippen LogP) is 2.11. The summed E-state index contributed by atoms with van der Waals surface area (Å²) in [5.74, 6) is -1.56. The maximum absolute atomic E-state index is 11.6. The van der Waals surface area contributed by atoms with Gasteiger partial charge in [0.1, 0.15) is 11.8 Å². The Morgan fingerprint density at radius 2 is 1.35 bits per heavy atom. The van der Waals surface area contributed by atoms with Crippen molar-refractivity contribution in [2.75, 3.05) is 19.6 Å². The zero-order valence-electron chi connectivity index (χ0n) is 17.8. The normalized spacial score (nSPS) is 9.42. The molecule has 0 aliphatic rings. The number of hydrogen-bond acceptors (Lipinski definition) is 5. The fourth-order valence-electron chi connectivity index (χ4n) is 1.18. The summed E-state index contributed by atoms with van der Waals surface area (Å²) in [5.41, 5.74) is 5.06. The molecule has 0 rings (SSSR count). The molecule has 0 saturated carbocycles. The molecule has 26 heavy (non-hydrogen) atoms. The Kier molecular flexibility index (Phi) is 30.9. The maximum atomic E-state index is 11.6. The molecule has 0 unspecified atom stereocenters. The Morgan fingerprint density at radius 1 is 0.885 bits per heavy atom. The number of carbonyl (C=O) groups excluding carboxylic acids is 4. The Balaban J connectivity index is -0.0000000653. The number of nitrogens with two attached hydrogens (primary N) is 1. The van der Waals surface area contributed by atoms with Crippen LogP contribution in [-0.2, 0) is 19.2 Å². The number of carbonyl (C=O) groups is 4. The molecule has 0 aliphatic carbocycles. The number of rotatable bonds is 8. The zero-order valence-corrected chi connectivity index (χ0v) is 17.8. The van der Waals surface area contributed by atoms with Crippen molar-refractivity contribution in [3.05, 3.63) is 0 Å². The van der Waals surface area contributed by atoms with Gasteiger partial charge in [-0.25, -0.2) is 0 Å². The quantitative estimate of drug-likeness (QED) is 0.509. The van der Waals surface area contributed by atoms with Crippen molar-refractivity contribution < 1.29 is 24.9 Å². The standard InChI is InChI=1S/C11H20N4O4.C3H8.2C2H6.4H2/c1-3-8(11(19)14-5-7(2)16)15-10(18)6-13-9(17)4-12;1-3-2;2*1-2;;;;/h8H,3-6,12H2,1-2H3,(H,13,17)(H,14,19)(H,15,18);3H2,1-2H3;2*1-2H3;4*1H/t8-;;;;;;;/m0......./s1. The van der Waals surface area contributed by atoms with Gasteiger partial charge >= 0.3 is 0 Å². The van der Waals surface area contributed by atoms with Gasteiger partial charge in [0.25, 0.3) is 0 Å². The summed E-state index contributed by atoms with van der Waals surface area (Å²) in [5, 5.41) is 7.14. The molecule has 3 amide bonds. The van der Waals surface area contributed by atoms with Crippen LogP contribution >= 0.6 is 0 Å². The van der Waals surface area contributed by atoms with E-state index in [1.807, 2.05) is 27.7 Å². The van der Waals surface area contributed by atoms with Crippen LogP contribution in [-0.4, -0.2) is 49.2 Å². The first kappa shape index (κ1) is 31.8. The Labute approximate surface area is 165 Å². The minimum atomic E-state index is -0.735. The van der Waals surface area contributed by atoms with E-state index in [9.17, 15) is 19.2 Å². The van der Waals surface area contributed by atoms with E-state index in [4.69, 9.17) is 5.73 Å². The summed E-state index contributed by atoms with van der Waals surface area (Å²) in [6.45, 7) is 14.8. The van der Waals surface area contributed by atoms with E-state index in [0.29, 0.717) is 6.42 Å². The van der Waals surface area contributed by atoms with Crippen molar-refractivity contribution in [1.29, 1.82) is 0 Å². The van der Waals surface area contributed by atoms with Gasteiger partial charge in [-0.2, -0.15) is 0 Å². The molecule has 5 N–H and O–H groups in total. The van der Waals surface area contributed by atoms with E-state index >= 15 is 0 Å². The van der Waals surface area contributed by atoms with Gasteiger partial charge < -0.3 is 21.7 Å². The van der Waals surface area contributed by atoms with Crippen molar-refractivity contribution in [2.24, 2.45) is 5.73 Å². The zero-order chi connectivity index (χ0) is 21.5. The minimum absolute atomic E-state index is 0. The van der Waals surface area contributed by atoms with Gasteiger partial charge in [0, 0.05) is 5.71 Å². The first-order valence-electron chi connectivity index (χ1n) is 9.35. The fraction of sp³-hybridized carbons (Fsp3) is 0.778. The minimum Gasteiger partial charge on any atom is -0.347 e. The smallest absolute Gasteiger partial charge is 0.242 e. The van der Waals surface area contributed by atoms with Gasteiger partial charge in [-0.1, -0.05) is 54.9 Å². The second-order valence-corrected chi connectivity index (χ2v) is 4.64. The van der Waals surface area contributed by atoms with E-state index in [1.54, 1.807) is 6.92 Å². The molecular formula is C18H48N4O4. The molecule has 0 saturated heterocycles. The average molecular weight is 385 g/mol. The third-order valence-electron chi connectivity index (χ3n) is 2.20. The second kappa shape index (κ2) is 25.3. The second-order valence-electron chi connectivity index (χ2n) is 4.64. The molecule has 0 aromatic rings.